The third kappa shape index (κ3) is 2.89. The third-order valence-electron chi connectivity index (χ3n) is 5.27. The molecule has 4 rings (SSSR count). The summed E-state index contributed by atoms with van der Waals surface area (Å²) >= 11 is 0. The monoisotopic (exact) mass is 358 g/mol. The van der Waals surface area contributed by atoms with Gasteiger partial charge in [-0.2, -0.15) is 5.10 Å². The van der Waals surface area contributed by atoms with Gasteiger partial charge in [0.15, 0.2) is 5.65 Å². The van der Waals surface area contributed by atoms with E-state index in [1.165, 1.54) is 0 Å². The van der Waals surface area contributed by atoms with Crippen LogP contribution in [0, 0.1) is 20.8 Å². The van der Waals surface area contributed by atoms with Crippen LogP contribution in [0.5, 0.6) is 0 Å². The second-order valence-corrected chi connectivity index (χ2v) is 7.69. The van der Waals surface area contributed by atoms with Crippen molar-refractivity contribution in [1.29, 1.82) is 0 Å². The summed E-state index contributed by atoms with van der Waals surface area (Å²) in [5.74, 6) is -0.0184. The summed E-state index contributed by atoms with van der Waals surface area (Å²) in [7, 11) is 0. The Bertz CT molecular complexity index is 854. The molecule has 2 fully saturated rings. The molecule has 2 atom stereocenters. The van der Waals surface area contributed by atoms with Gasteiger partial charge in [0.25, 0.3) is 5.91 Å². The van der Waals surface area contributed by atoms with E-state index in [0.717, 1.165) is 30.8 Å². The van der Waals surface area contributed by atoms with Crippen molar-refractivity contribution in [1.82, 2.24) is 19.5 Å². The van der Waals surface area contributed by atoms with Gasteiger partial charge in [-0.15, -0.1) is 0 Å². The fraction of sp³-hybridized carbons (Fsp3) is 0.632. The average Bonchev–Trinajstić information content (AvgIpc) is 2.90. The smallest absolute Gasteiger partial charge is 0.259 e. The van der Waals surface area contributed by atoms with Gasteiger partial charge in [-0.1, -0.05) is 0 Å². The average molecular weight is 358 g/mol. The molecule has 2 aromatic heterocycles. The van der Waals surface area contributed by atoms with Crippen molar-refractivity contribution in [3.8, 4) is 0 Å². The number of hydrogen-bond donors (Lipinski definition) is 0. The van der Waals surface area contributed by atoms with E-state index in [-0.39, 0.29) is 17.6 Å². The predicted octanol–water partition coefficient (Wildman–Crippen LogP) is 2.06. The number of rotatable bonds is 1. The van der Waals surface area contributed by atoms with E-state index in [4.69, 9.17) is 9.47 Å². The lowest BCUT2D eigenvalue weighted by Crippen LogP contribution is -2.59. The van der Waals surface area contributed by atoms with E-state index in [0.29, 0.717) is 36.6 Å². The number of amides is 1. The molecule has 4 heterocycles. The number of aromatic nitrogens is 3. The number of carbonyl (C=O) groups excluding carboxylic acids is 1. The van der Waals surface area contributed by atoms with Gasteiger partial charge in [0.2, 0.25) is 0 Å². The molecule has 1 amide bonds. The SMILES string of the molecule is Cc1cc(C)n2nc(C)c(C(=O)N3C[C@H](C)O[C@@]4(CCCOC4)C3)c2n1. The van der Waals surface area contributed by atoms with Gasteiger partial charge in [0.1, 0.15) is 11.2 Å². The lowest BCUT2D eigenvalue weighted by molar-refractivity contribution is -0.188. The van der Waals surface area contributed by atoms with Gasteiger partial charge >= 0.3 is 0 Å². The van der Waals surface area contributed by atoms with Crippen LogP contribution >= 0.6 is 0 Å². The van der Waals surface area contributed by atoms with Crippen LogP contribution in [0.1, 0.15) is 47.2 Å². The topological polar surface area (TPSA) is 69.0 Å². The molecular weight excluding hydrogens is 332 g/mol. The summed E-state index contributed by atoms with van der Waals surface area (Å²) < 4.78 is 13.6. The van der Waals surface area contributed by atoms with Gasteiger partial charge in [0, 0.05) is 24.5 Å². The maximum atomic E-state index is 13.4. The summed E-state index contributed by atoms with van der Waals surface area (Å²) in [6.45, 7) is 10.3. The number of ether oxygens (including phenoxy) is 2. The molecule has 0 bridgehead atoms. The first-order valence-corrected chi connectivity index (χ1v) is 9.27. The van der Waals surface area contributed by atoms with Gasteiger partial charge in [-0.25, -0.2) is 9.50 Å². The largest absolute Gasteiger partial charge is 0.378 e. The Kier molecular flexibility index (Phi) is 4.23. The third-order valence-corrected chi connectivity index (χ3v) is 5.27. The van der Waals surface area contributed by atoms with Crippen LogP contribution in [-0.2, 0) is 9.47 Å². The number of hydrogen-bond acceptors (Lipinski definition) is 5. The van der Waals surface area contributed by atoms with Crippen LogP contribution in [0.15, 0.2) is 6.07 Å². The van der Waals surface area contributed by atoms with Crippen molar-refractivity contribution in [3.63, 3.8) is 0 Å². The highest BCUT2D eigenvalue weighted by Crippen LogP contribution is 2.31. The molecule has 7 nitrogen and oxygen atoms in total. The number of morpholine rings is 1. The standard InChI is InChI=1S/C19H26N4O3/c1-12-8-13(2)23-17(20-12)16(15(4)21-23)18(24)22-9-14(3)26-19(10-22)6-5-7-25-11-19/h8,14H,5-7,9-11H2,1-4H3/t14-,19-/m0/s1. The summed E-state index contributed by atoms with van der Waals surface area (Å²) in [6, 6.07) is 1.97. The summed E-state index contributed by atoms with van der Waals surface area (Å²) in [4.78, 5) is 19.9. The fourth-order valence-corrected chi connectivity index (χ4v) is 4.26. The molecular formula is C19H26N4O3. The minimum Gasteiger partial charge on any atom is -0.378 e. The second-order valence-electron chi connectivity index (χ2n) is 7.69. The lowest BCUT2D eigenvalue weighted by Gasteiger charge is -2.47. The molecule has 140 valence electrons. The first-order valence-electron chi connectivity index (χ1n) is 9.27. The fourth-order valence-electron chi connectivity index (χ4n) is 4.26. The normalized spacial score (nSPS) is 26.6. The highest BCUT2D eigenvalue weighted by Gasteiger charge is 2.43. The Morgan fingerprint density at radius 2 is 2.15 bits per heavy atom. The van der Waals surface area contributed by atoms with Crippen molar-refractivity contribution < 1.29 is 14.3 Å². The molecule has 7 heteroatoms. The summed E-state index contributed by atoms with van der Waals surface area (Å²) in [6.07, 6.45) is 1.86. The van der Waals surface area contributed by atoms with Crippen molar-refractivity contribution in [2.75, 3.05) is 26.3 Å². The van der Waals surface area contributed by atoms with Gasteiger partial charge < -0.3 is 14.4 Å². The lowest BCUT2D eigenvalue weighted by atomic mass is 9.93. The Labute approximate surface area is 153 Å². The molecule has 2 aliphatic rings. The number of carbonyl (C=O) groups is 1. The maximum Gasteiger partial charge on any atom is 0.259 e. The predicted molar refractivity (Wildman–Crippen MR) is 96.4 cm³/mol. The zero-order chi connectivity index (χ0) is 18.5. The van der Waals surface area contributed by atoms with E-state index in [1.807, 2.05) is 38.7 Å². The van der Waals surface area contributed by atoms with Crippen molar-refractivity contribution in [2.24, 2.45) is 0 Å². The van der Waals surface area contributed by atoms with Gasteiger partial charge in [-0.3, -0.25) is 4.79 Å². The Balaban J connectivity index is 1.71. The molecule has 0 radical (unpaired) electrons. The zero-order valence-electron chi connectivity index (χ0n) is 15.9. The molecule has 2 aliphatic heterocycles. The van der Waals surface area contributed by atoms with Crippen LogP contribution in [0.4, 0.5) is 0 Å². The molecule has 2 aromatic rings. The molecule has 0 aromatic carbocycles. The van der Waals surface area contributed by atoms with Crippen molar-refractivity contribution in [3.05, 3.63) is 28.7 Å². The van der Waals surface area contributed by atoms with Crippen LogP contribution in [0.3, 0.4) is 0 Å². The van der Waals surface area contributed by atoms with Crippen molar-refractivity contribution >= 4 is 11.6 Å². The Morgan fingerprint density at radius 1 is 1.35 bits per heavy atom. The van der Waals surface area contributed by atoms with Crippen LogP contribution in [-0.4, -0.2) is 63.4 Å². The summed E-state index contributed by atoms with van der Waals surface area (Å²) in [5, 5.41) is 4.54. The first kappa shape index (κ1) is 17.4. The van der Waals surface area contributed by atoms with E-state index in [9.17, 15) is 4.79 Å². The molecule has 2 saturated heterocycles. The molecule has 0 aliphatic carbocycles. The maximum absolute atomic E-state index is 13.4. The molecule has 0 unspecified atom stereocenters. The quantitative estimate of drug-likeness (QED) is 0.781. The molecule has 0 N–H and O–H groups in total. The van der Waals surface area contributed by atoms with Gasteiger partial charge in [0.05, 0.1) is 24.9 Å². The summed E-state index contributed by atoms with van der Waals surface area (Å²) in [5.41, 5.74) is 3.42. The minimum atomic E-state index is -0.387. The zero-order valence-corrected chi connectivity index (χ0v) is 15.9. The first-order chi connectivity index (χ1) is 12.4. The molecule has 0 saturated carbocycles. The molecule has 26 heavy (non-hydrogen) atoms. The second kappa shape index (κ2) is 6.32. The van der Waals surface area contributed by atoms with Crippen LogP contribution in [0.25, 0.3) is 5.65 Å². The van der Waals surface area contributed by atoms with Crippen LogP contribution < -0.4 is 0 Å². The highest BCUT2D eigenvalue weighted by molar-refractivity contribution is 6.01. The Hall–Kier alpha value is -1.99. The Morgan fingerprint density at radius 3 is 2.88 bits per heavy atom. The van der Waals surface area contributed by atoms with Crippen LogP contribution in [0.2, 0.25) is 0 Å². The van der Waals surface area contributed by atoms with E-state index in [1.54, 1.807) is 4.52 Å². The van der Waals surface area contributed by atoms with E-state index >= 15 is 0 Å². The number of fused-ring (bicyclic) bond motifs is 1. The minimum absolute atomic E-state index is 0.0184. The number of aryl methyl sites for hydroxylation is 3. The number of nitrogens with zero attached hydrogens (tertiary/aromatic N) is 4. The van der Waals surface area contributed by atoms with E-state index in [2.05, 4.69) is 10.1 Å². The molecule has 1 spiro atoms. The van der Waals surface area contributed by atoms with Crippen molar-refractivity contribution in [2.45, 2.75) is 52.2 Å². The highest BCUT2D eigenvalue weighted by atomic mass is 16.6. The van der Waals surface area contributed by atoms with E-state index < -0.39 is 0 Å². The van der Waals surface area contributed by atoms with Gasteiger partial charge in [-0.05, 0) is 46.6 Å².